The Morgan fingerprint density at radius 1 is 0.405 bits per heavy atom. The number of hydrogen-bond donors (Lipinski definition) is 1. The van der Waals surface area contributed by atoms with Crippen LogP contribution in [0.4, 0.5) is 28.4 Å². The lowest BCUT2D eigenvalue weighted by Gasteiger charge is -2.34. The number of anilines is 5. The average molecular weight is 537 g/mol. The van der Waals surface area contributed by atoms with E-state index in [0.29, 0.717) is 0 Å². The van der Waals surface area contributed by atoms with E-state index < -0.39 is 0 Å². The summed E-state index contributed by atoms with van der Waals surface area (Å²) in [7, 11) is 0. The van der Waals surface area contributed by atoms with E-state index in [2.05, 4.69) is 174 Å². The Kier molecular flexibility index (Phi) is 5.82. The van der Waals surface area contributed by atoms with Crippen LogP contribution >= 0.6 is 0 Å². The van der Waals surface area contributed by atoms with Gasteiger partial charge in [-0.05, 0) is 76.3 Å². The van der Waals surface area contributed by atoms with Crippen molar-refractivity contribution in [2.45, 2.75) is 0 Å². The minimum Gasteiger partial charge on any atom is -0.355 e. The molecule has 1 N–H and O–H groups in total. The highest BCUT2D eigenvalue weighted by molar-refractivity contribution is 6.17. The van der Waals surface area contributed by atoms with E-state index >= 15 is 0 Å². The fourth-order valence-electron chi connectivity index (χ4n) is 6.24. The number of nitrogens with zero attached hydrogens (tertiary/aromatic N) is 1. The smallest absolute Gasteiger partial charge is 0.0547 e. The number of benzene rings is 7. The Hall–Kier alpha value is -5.60. The molecule has 0 aliphatic carbocycles. The normalized spacial score (nSPS) is 11.8. The Labute approximate surface area is 246 Å². The third-order valence-corrected chi connectivity index (χ3v) is 8.14. The second-order valence-corrected chi connectivity index (χ2v) is 10.7. The third-order valence-electron chi connectivity index (χ3n) is 8.14. The van der Waals surface area contributed by atoms with Crippen LogP contribution in [0.15, 0.2) is 164 Å². The standard InChI is InChI=1S/C40H28N2/c1-4-13-28(14-5-1)30-25-31(29-15-6-2-7-16-29)27-32(26-30)41-37-24-23-35-34-19-10-11-21-38(34)42(33-17-8-3-9-18-33)39-22-12-20-36(37)40(35)39/h1-27,41H. The predicted molar refractivity (Wildman–Crippen MR) is 178 cm³/mol. The molecule has 0 aromatic heterocycles. The van der Waals surface area contributed by atoms with E-state index in [1.54, 1.807) is 0 Å². The van der Waals surface area contributed by atoms with Crippen LogP contribution in [0, 0.1) is 0 Å². The van der Waals surface area contributed by atoms with Crippen molar-refractivity contribution in [2.75, 3.05) is 10.2 Å². The maximum Gasteiger partial charge on any atom is 0.0547 e. The molecular formula is C40H28N2. The highest BCUT2D eigenvalue weighted by atomic mass is 15.2. The van der Waals surface area contributed by atoms with Gasteiger partial charge in [-0.1, -0.05) is 115 Å². The molecule has 7 aromatic rings. The van der Waals surface area contributed by atoms with Gasteiger partial charge in [0.2, 0.25) is 0 Å². The predicted octanol–water partition coefficient (Wildman–Crippen LogP) is 11.4. The van der Waals surface area contributed by atoms with Gasteiger partial charge in [0.05, 0.1) is 11.4 Å². The van der Waals surface area contributed by atoms with Gasteiger partial charge in [-0.15, -0.1) is 0 Å². The SMILES string of the molecule is c1ccc(-c2cc(Nc3ccc4c5c(cccc35)N(c3ccccc3)c3ccccc3-4)cc(-c3ccccc3)c2)cc1. The molecule has 2 heteroatoms. The molecule has 0 saturated carbocycles. The molecule has 7 aromatic carbocycles. The Morgan fingerprint density at radius 3 is 1.69 bits per heavy atom. The van der Waals surface area contributed by atoms with Gasteiger partial charge in [0.1, 0.15) is 0 Å². The molecule has 198 valence electrons. The minimum atomic E-state index is 1.06. The van der Waals surface area contributed by atoms with E-state index in [0.717, 1.165) is 17.1 Å². The Balaban J connectivity index is 1.30. The molecule has 0 atom stereocenters. The van der Waals surface area contributed by atoms with E-state index in [1.165, 1.54) is 55.5 Å². The Bertz CT molecular complexity index is 1990. The molecule has 1 aliphatic heterocycles. The fourth-order valence-corrected chi connectivity index (χ4v) is 6.24. The number of hydrogen-bond acceptors (Lipinski definition) is 2. The van der Waals surface area contributed by atoms with Crippen LogP contribution in [0.25, 0.3) is 44.2 Å². The summed E-state index contributed by atoms with van der Waals surface area (Å²) < 4.78 is 0. The van der Waals surface area contributed by atoms with Crippen LogP contribution in [0.2, 0.25) is 0 Å². The van der Waals surface area contributed by atoms with Gasteiger partial charge in [0.15, 0.2) is 0 Å². The van der Waals surface area contributed by atoms with Crippen LogP contribution in [-0.4, -0.2) is 0 Å². The van der Waals surface area contributed by atoms with Crippen molar-refractivity contribution in [1.82, 2.24) is 0 Å². The van der Waals surface area contributed by atoms with Crippen molar-refractivity contribution < 1.29 is 0 Å². The van der Waals surface area contributed by atoms with Crippen molar-refractivity contribution in [2.24, 2.45) is 0 Å². The molecule has 0 bridgehead atoms. The molecule has 0 saturated heterocycles. The van der Waals surface area contributed by atoms with Crippen molar-refractivity contribution in [3.8, 4) is 33.4 Å². The molecule has 1 heterocycles. The topological polar surface area (TPSA) is 15.3 Å². The first-order valence-corrected chi connectivity index (χ1v) is 14.4. The van der Waals surface area contributed by atoms with Crippen LogP contribution < -0.4 is 10.2 Å². The summed E-state index contributed by atoms with van der Waals surface area (Å²) in [4.78, 5) is 2.39. The summed E-state index contributed by atoms with van der Waals surface area (Å²) >= 11 is 0. The molecule has 1 aliphatic rings. The lowest BCUT2D eigenvalue weighted by atomic mass is 9.90. The van der Waals surface area contributed by atoms with Gasteiger partial charge in [-0.25, -0.2) is 0 Å². The van der Waals surface area contributed by atoms with Gasteiger partial charge in [0, 0.05) is 33.4 Å². The first-order valence-electron chi connectivity index (χ1n) is 14.4. The van der Waals surface area contributed by atoms with Gasteiger partial charge >= 0.3 is 0 Å². The maximum absolute atomic E-state index is 3.83. The number of fused-ring (bicyclic) bond motifs is 2. The molecule has 0 radical (unpaired) electrons. The molecule has 0 spiro atoms. The first kappa shape index (κ1) is 24.2. The van der Waals surface area contributed by atoms with Crippen LogP contribution in [0.5, 0.6) is 0 Å². The lowest BCUT2D eigenvalue weighted by molar-refractivity contribution is 1.28. The molecule has 2 nitrogen and oxygen atoms in total. The third kappa shape index (κ3) is 4.13. The lowest BCUT2D eigenvalue weighted by Crippen LogP contribution is -2.15. The average Bonchev–Trinajstić information content (AvgIpc) is 3.07. The second kappa shape index (κ2) is 10.1. The minimum absolute atomic E-state index is 1.06. The summed E-state index contributed by atoms with van der Waals surface area (Å²) in [6.45, 7) is 0. The molecule has 42 heavy (non-hydrogen) atoms. The summed E-state index contributed by atoms with van der Waals surface area (Å²) in [6.07, 6.45) is 0. The molecule has 0 fully saturated rings. The van der Waals surface area contributed by atoms with Crippen molar-refractivity contribution >= 4 is 39.2 Å². The molecule has 0 amide bonds. The molecule has 0 unspecified atom stereocenters. The Morgan fingerprint density at radius 2 is 1.00 bits per heavy atom. The van der Waals surface area contributed by atoms with Crippen LogP contribution in [0.3, 0.4) is 0 Å². The number of rotatable bonds is 5. The van der Waals surface area contributed by atoms with Crippen LogP contribution in [-0.2, 0) is 0 Å². The molecular weight excluding hydrogens is 508 g/mol. The first-order chi connectivity index (χ1) is 20.8. The van der Waals surface area contributed by atoms with Gasteiger partial charge in [-0.3, -0.25) is 0 Å². The monoisotopic (exact) mass is 536 g/mol. The van der Waals surface area contributed by atoms with Crippen LogP contribution in [0.1, 0.15) is 0 Å². The van der Waals surface area contributed by atoms with E-state index in [4.69, 9.17) is 0 Å². The second-order valence-electron chi connectivity index (χ2n) is 10.7. The quantitative estimate of drug-likeness (QED) is 0.235. The maximum atomic E-state index is 3.83. The van der Waals surface area contributed by atoms with E-state index in [-0.39, 0.29) is 0 Å². The van der Waals surface area contributed by atoms with Gasteiger partial charge in [0.25, 0.3) is 0 Å². The molecule has 8 rings (SSSR count). The summed E-state index contributed by atoms with van der Waals surface area (Å²) in [5, 5.41) is 6.29. The zero-order valence-corrected chi connectivity index (χ0v) is 23.0. The van der Waals surface area contributed by atoms with Crippen molar-refractivity contribution in [3.63, 3.8) is 0 Å². The van der Waals surface area contributed by atoms with Crippen molar-refractivity contribution in [1.29, 1.82) is 0 Å². The highest BCUT2D eigenvalue weighted by Crippen LogP contribution is 2.52. The zero-order chi connectivity index (χ0) is 27.9. The van der Waals surface area contributed by atoms with Crippen molar-refractivity contribution in [3.05, 3.63) is 164 Å². The number of para-hydroxylation sites is 2. The zero-order valence-electron chi connectivity index (χ0n) is 23.0. The van der Waals surface area contributed by atoms with Gasteiger partial charge in [-0.2, -0.15) is 0 Å². The summed E-state index contributed by atoms with van der Waals surface area (Å²) in [5.74, 6) is 0. The van der Waals surface area contributed by atoms with Gasteiger partial charge < -0.3 is 10.2 Å². The summed E-state index contributed by atoms with van der Waals surface area (Å²) in [6, 6.07) is 58.5. The highest BCUT2D eigenvalue weighted by Gasteiger charge is 2.26. The van der Waals surface area contributed by atoms with E-state index in [9.17, 15) is 0 Å². The fraction of sp³-hybridized carbons (Fsp3) is 0. The largest absolute Gasteiger partial charge is 0.355 e. The van der Waals surface area contributed by atoms with E-state index in [1.807, 2.05) is 0 Å². The summed E-state index contributed by atoms with van der Waals surface area (Å²) in [5.41, 5.74) is 13.0. The number of nitrogens with one attached hydrogen (secondary N) is 1.